The lowest BCUT2D eigenvalue weighted by Crippen LogP contribution is -2.20. The summed E-state index contributed by atoms with van der Waals surface area (Å²) in [4.78, 5) is 0. The lowest BCUT2D eigenvalue weighted by Gasteiger charge is -2.19. The van der Waals surface area contributed by atoms with Crippen molar-refractivity contribution in [1.29, 1.82) is 0 Å². The van der Waals surface area contributed by atoms with E-state index >= 15 is 0 Å². The highest BCUT2D eigenvalue weighted by Gasteiger charge is 2.15. The van der Waals surface area contributed by atoms with Gasteiger partial charge in [-0.2, -0.15) is 0 Å². The molecule has 3 nitrogen and oxygen atoms in total. The van der Waals surface area contributed by atoms with Crippen molar-refractivity contribution in [3.8, 4) is 11.5 Å². The van der Waals surface area contributed by atoms with Crippen LogP contribution in [0.3, 0.4) is 0 Å². The van der Waals surface area contributed by atoms with Gasteiger partial charge in [-0.1, -0.05) is 18.2 Å². The first kappa shape index (κ1) is 15.3. The third-order valence-corrected chi connectivity index (χ3v) is 3.33. The molecular formula is C17H20FNO2. The summed E-state index contributed by atoms with van der Waals surface area (Å²) in [6, 6.07) is 14.2. The quantitative estimate of drug-likeness (QED) is 0.845. The van der Waals surface area contributed by atoms with Crippen LogP contribution in [0.25, 0.3) is 0 Å². The molecule has 112 valence electrons. The molecule has 2 rings (SSSR count). The smallest absolute Gasteiger partial charge is 0.123 e. The van der Waals surface area contributed by atoms with E-state index in [0.717, 1.165) is 11.3 Å². The molecule has 0 fully saturated rings. The molecule has 4 heteroatoms. The summed E-state index contributed by atoms with van der Waals surface area (Å²) < 4.78 is 24.4. The van der Waals surface area contributed by atoms with Gasteiger partial charge in [-0.15, -0.1) is 0 Å². The Morgan fingerprint density at radius 2 is 1.90 bits per heavy atom. The number of hydrogen-bond donors (Lipinski definition) is 1. The topological polar surface area (TPSA) is 30.5 Å². The molecule has 0 spiro atoms. The third kappa shape index (κ3) is 4.20. The van der Waals surface area contributed by atoms with Gasteiger partial charge in [-0.05, 0) is 37.4 Å². The minimum atomic E-state index is -0.268. The van der Waals surface area contributed by atoms with E-state index in [0.29, 0.717) is 18.8 Å². The summed E-state index contributed by atoms with van der Waals surface area (Å²) in [6.45, 7) is 0.537. The summed E-state index contributed by atoms with van der Waals surface area (Å²) >= 11 is 0. The van der Waals surface area contributed by atoms with Gasteiger partial charge in [0.1, 0.15) is 17.3 Å². The molecule has 1 unspecified atom stereocenters. The van der Waals surface area contributed by atoms with E-state index in [-0.39, 0.29) is 11.9 Å². The zero-order valence-electron chi connectivity index (χ0n) is 12.3. The Morgan fingerprint density at radius 3 is 2.57 bits per heavy atom. The van der Waals surface area contributed by atoms with E-state index in [1.54, 1.807) is 13.2 Å². The van der Waals surface area contributed by atoms with E-state index in [1.165, 1.54) is 12.1 Å². The molecule has 0 aliphatic carbocycles. The second-order valence-corrected chi connectivity index (χ2v) is 4.68. The first-order valence-electron chi connectivity index (χ1n) is 6.93. The lowest BCUT2D eigenvalue weighted by atomic mass is 10.0. The highest BCUT2D eigenvalue weighted by atomic mass is 19.1. The number of hydrogen-bond acceptors (Lipinski definition) is 3. The number of nitrogens with one attached hydrogen (secondary N) is 1. The second-order valence-electron chi connectivity index (χ2n) is 4.68. The van der Waals surface area contributed by atoms with Gasteiger partial charge in [-0.3, -0.25) is 0 Å². The average molecular weight is 289 g/mol. The van der Waals surface area contributed by atoms with Crippen molar-refractivity contribution in [2.24, 2.45) is 0 Å². The van der Waals surface area contributed by atoms with Crippen molar-refractivity contribution in [3.05, 3.63) is 59.9 Å². The number of methoxy groups -OCH3 is 1. The lowest BCUT2D eigenvalue weighted by molar-refractivity contribution is 0.287. The Balaban J connectivity index is 2.01. The fourth-order valence-corrected chi connectivity index (χ4v) is 2.24. The average Bonchev–Trinajstić information content (AvgIpc) is 2.52. The number of benzene rings is 2. The predicted molar refractivity (Wildman–Crippen MR) is 81.3 cm³/mol. The Hall–Kier alpha value is -2.07. The molecule has 0 saturated carbocycles. The van der Waals surface area contributed by atoms with E-state index < -0.39 is 0 Å². The Labute approximate surface area is 124 Å². The van der Waals surface area contributed by atoms with Crippen molar-refractivity contribution in [2.75, 3.05) is 20.8 Å². The zero-order valence-corrected chi connectivity index (χ0v) is 12.3. The standard InChI is InChI=1S/C17H20FNO2/c1-19-16(10-11-21-14-6-4-3-5-7-14)15-12-13(18)8-9-17(15)20-2/h3-9,12,16,19H,10-11H2,1-2H3. The van der Waals surface area contributed by atoms with Gasteiger partial charge < -0.3 is 14.8 Å². The van der Waals surface area contributed by atoms with Gasteiger partial charge in [0.2, 0.25) is 0 Å². The van der Waals surface area contributed by atoms with Gasteiger partial charge in [-0.25, -0.2) is 4.39 Å². The molecule has 1 atom stereocenters. The fourth-order valence-electron chi connectivity index (χ4n) is 2.24. The van der Waals surface area contributed by atoms with Gasteiger partial charge in [0, 0.05) is 18.0 Å². The maximum absolute atomic E-state index is 13.5. The zero-order chi connectivity index (χ0) is 15.1. The highest BCUT2D eigenvalue weighted by Crippen LogP contribution is 2.28. The predicted octanol–water partition coefficient (Wildman–Crippen LogP) is 3.56. The van der Waals surface area contributed by atoms with Crippen LogP contribution in [0.1, 0.15) is 18.0 Å². The van der Waals surface area contributed by atoms with E-state index in [2.05, 4.69) is 5.32 Å². The summed E-state index contributed by atoms with van der Waals surface area (Å²) in [7, 11) is 3.43. The molecule has 0 aromatic heterocycles. The maximum atomic E-state index is 13.5. The van der Waals surface area contributed by atoms with Crippen molar-refractivity contribution >= 4 is 0 Å². The molecule has 0 aliphatic rings. The van der Waals surface area contributed by atoms with Crippen molar-refractivity contribution in [3.63, 3.8) is 0 Å². The molecule has 2 aromatic rings. The van der Waals surface area contributed by atoms with Gasteiger partial charge >= 0.3 is 0 Å². The number of para-hydroxylation sites is 1. The molecule has 0 bridgehead atoms. The molecule has 0 saturated heterocycles. The number of ether oxygens (including phenoxy) is 2. The van der Waals surface area contributed by atoms with Gasteiger partial charge in [0.05, 0.1) is 13.7 Å². The Bertz CT molecular complexity index is 560. The van der Waals surface area contributed by atoms with E-state index in [1.807, 2.05) is 37.4 Å². The third-order valence-electron chi connectivity index (χ3n) is 3.33. The highest BCUT2D eigenvalue weighted by molar-refractivity contribution is 5.36. The molecule has 21 heavy (non-hydrogen) atoms. The van der Waals surface area contributed by atoms with Crippen LogP contribution >= 0.6 is 0 Å². The van der Waals surface area contributed by atoms with Crippen LogP contribution in [0.15, 0.2) is 48.5 Å². The molecular weight excluding hydrogens is 269 g/mol. The molecule has 0 heterocycles. The number of rotatable bonds is 7. The van der Waals surface area contributed by atoms with Crippen LogP contribution in [0.5, 0.6) is 11.5 Å². The first-order valence-corrected chi connectivity index (χ1v) is 6.93. The first-order chi connectivity index (χ1) is 10.2. The minimum absolute atomic E-state index is 0.0284. The van der Waals surface area contributed by atoms with Crippen molar-refractivity contribution in [2.45, 2.75) is 12.5 Å². The summed E-state index contributed by atoms with van der Waals surface area (Å²) in [6.07, 6.45) is 0.713. The summed E-state index contributed by atoms with van der Waals surface area (Å²) in [5, 5.41) is 3.18. The Morgan fingerprint density at radius 1 is 1.14 bits per heavy atom. The molecule has 0 radical (unpaired) electrons. The minimum Gasteiger partial charge on any atom is -0.496 e. The monoisotopic (exact) mass is 289 g/mol. The van der Waals surface area contributed by atoms with Crippen LogP contribution in [-0.4, -0.2) is 20.8 Å². The molecule has 0 aliphatic heterocycles. The largest absolute Gasteiger partial charge is 0.496 e. The maximum Gasteiger partial charge on any atom is 0.123 e. The molecule has 0 amide bonds. The van der Waals surface area contributed by atoms with Crippen LogP contribution in [-0.2, 0) is 0 Å². The van der Waals surface area contributed by atoms with Crippen molar-refractivity contribution in [1.82, 2.24) is 5.32 Å². The second kappa shape index (κ2) is 7.64. The normalized spacial score (nSPS) is 12.0. The van der Waals surface area contributed by atoms with Crippen molar-refractivity contribution < 1.29 is 13.9 Å². The molecule has 1 N–H and O–H groups in total. The van der Waals surface area contributed by atoms with Crippen LogP contribution in [0, 0.1) is 5.82 Å². The van der Waals surface area contributed by atoms with Crippen LogP contribution in [0.4, 0.5) is 4.39 Å². The number of halogens is 1. The summed E-state index contributed by atoms with van der Waals surface area (Å²) in [5.74, 6) is 1.24. The van der Waals surface area contributed by atoms with E-state index in [9.17, 15) is 4.39 Å². The SMILES string of the molecule is CNC(CCOc1ccccc1)c1cc(F)ccc1OC. The van der Waals surface area contributed by atoms with E-state index in [4.69, 9.17) is 9.47 Å². The Kier molecular flexibility index (Phi) is 5.58. The summed E-state index contributed by atoms with van der Waals surface area (Å²) in [5.41, 5.74) is 0.802. The van der Waals surface area contributed by atoms with Gasteiger partial charge in [0.25, 0.3) is 0 Å². The van der Waals surface area contributed by atoms with Gasteiger partial charge in [0.15, 0.2) is 0 Å². The van der Waals surface area contributed by atoms with Crippen LogP contribution < -0.4 is 14.8 Å². The van der Waals surface area contributed by atoms with Crippen LogP contribution in [0.2, 0.25) is 0 Å². The fraction of sp³-hybridized carbons (Fsp3) is 0.294. The molecule has 2 aromatic carbocycles.